The molecule has 0 aliphatic heterocycles. The van der Waals surface area contributed by atoms with Crippen molar-refractivity contribution in [2.75, 3.05) is 20.3 Å². The third kappa shape index (κ3) is 3.13. The monoisotopic (exact) mass is 180 g/mol. The smallest absolute Gasteiger partial charge is 0.0732 e. The van der Waals surface area contributed by atoms with E-state index in [1.54, 1.807) is 13.3 Å². The Kier molecular flexibility index (Phi) is 4.43. The van der Waals surface area contributed by atoms with E-state index in [1.807, 2.05) is 18.2 Å². The van der Waals surface area contributed by atoms with Crippen molar-refractivity contribution in [3.63, 3.8) is 0 Å². The zero-order valence-electron chi connectivity index (χ0n) is 8.16. The van der Waals surface area contributed by atoms with Crippen LogP contribution in [0.1, 0.15) is 18.7 Å². The van der Waals surface area contributed by atoms with Crippen LogP contribution in [0.2, 0.25) is 0 Å². The number of hydrogen-bond donors (Lipinski definition) is 1. The summed E-state index contributed by atoms with van der Waals surface area (Å²) in [5.74, 6) is 0. The largest absolute Gasteiger partial charge is 0.383 e. The molecule has 0 aliphatic rings. The minimum absolute atomic E-state index is 0.205. The number of ether oxygens (including phenoxy) is 1. The highest BCUT2D eigenvalue weighted by Crippen LogP contribution is 2.08. The molecule has 0 saturated carbocycles. The molecule has 0 fully saturated rings. The minimum atomic E-state index is 0.205. The summed E-state index contributed by atoms with van der Waals surface area (Å²) < 4.78 is 5.11. The van der Waals surface area contributed by atoms with Gasteiger partial charge in [-0.05, 0) is 18.7 Å². The first-order valence-corrected chi connectivity index (χ1v) is 4.51. The zero-order chi connectivity index (χ0) is 9.52. The average Bonchev–Trinajstić information content (AvgIpc) is 2.19. The van der Waals surface area contributed by atoms with Gasteiger partial charge in [0.25, 0.3) is 0 Å². The molecule has 1 N–H and O–H groups in total. The number of aromatic nitrogens is 1. The van der Waals surface area contributed by atoms with Gasteiger partial charge in [-0.3, -0.25) is 4.98 Å². The van der Waals surface area contributed by atoms with Gasteiger partial charge in [-0.15, -0.1) is 0 Å². The third-order valence-electron chi connectivity index (χ3n) is 1.83. The molecule has 0 bridgehead atoms. The lowest BCUT2D eigenvalue weighted by atomic mass is 10.2. The van der Waals surface area contributed by atoms with Crippen molar-refractivity contribution in [3.8, 4) is 0 Å². The van der Waals surface area contributed by atoms with Crippen LogP contribution in [-0.2, 0) is 4.74 Å². The second kappa shape index (κ2) is 5.67. The van der Waals surface area contributed by atoms with Gasteiger partial charge >= 0.3 is 0 Å². The summed E-state index contributed by atoms with van der Waals surface area (Å²) >= 11 is 0. The van der Waals surface area contributed by atoms with Gasteiger partial charge in [0, 0.05) is 13.3 Å². The van der Waals surface area contributed by atoms with Crippen LogP contribution in [0.4, 0.5) is 0 Å². The molecule has 1 aromatic heterocycles. The van der Waals surface area contributed by atoms with Crippen molar-refractivity contribution in [3.05, 3.63) is 30.1 Å². The summed E-state index contributed by atoms with van der Waals surface area (Å²) in [6, 6.07) is 6.12. The molecule has 1 atom stereocenters. The van der Waals surface area contributed by atoms with Crippen molar-refractivity contribution in [2.45, 2.75) is 13.0 Å². The van der Waals surface area contributed by atoms with Gasteiger partial charge in [0.05, 0.1) is 18.3 Å². The summed E-state index contributed by atoms with van der Waals surface area (Å²) in [5, 5.41) is 3.31. The van der Waals surface area contributed by atoms with E-state index in [0.717, 1.165) is 12.2 Å². The minimum Gasteiger partial charge on any atom is -0.383 e. The predicted molar refractivity (Wildman–Crippen MR) is 52.5 cm³/mol. The summed E-state index contributed by atoms with van der Waals surface area (Å²) in [7, 11) is 1.70. The molecule has 3 heteroatoms. The molecule has 1 aromatic rings. The summed E-state index contributed by atoms with van der Waals surface area (Å²) in [6.45, 7) is 3.65. The summed E-state index contributed by atoms with van der Waals surface area (Å²) in [4.78, 5) is 4.27. The fourth-order valence-electron chi connectivity index (χ4n) is 1.24. The number of pyridine rings is 1. The van der Waals surface area contributed by atoms with Crippen LogP contribution in [0.25, 0.3) is 0 Å². The molecule has 1 heterocycles. The Bertz CT molecular complexity index is 220. The number of rotatable bonds is 5. The Balaban J connectivity index is 2.64. The second-order valence-corrected chi connectivity index (χ2v) is 2.82. The van der Waals surface area contributed by atoms with Gasteiger partial charge in [0.1, 0.15) is 0 Å². The molecule has 13 heavy (non-hydrogen) atoms. The second-order valence-electron chi connectivity index (χ2n) is 2.82. The van der Waals surface area contributed by atoms with Gasteiger partial charge in [-0.1, -0.05) is 13.0 Å². The molecule has 0 radical (unpaired) electrons. The van der Waals surface area contributed by atoms with Crippen molar-refractivity contribution < 1.29 is 4.74 Å². The molecule has 0 spiro atoms. The highest BCUT2D eigenvalue weighted by molar-refractivity contribution is 5.08. The molecule has 72 valence electrons. The number of hydrogen-bond acceptors (Lipinski definition) is 3. The van der Waals surface area contributed by atoms with Gasteiger partial charge in [0.15, 0.2) is 0 Å². The highest BCUT2D eigenvalue weighted by atomic mass is 16.5. The number of nitrogens with one attached hydrogen (secondary N) is 1. The zero-order valence-corrected chi connectivity index (χ0v) is 8.16. The predicted octanol–water partition coefficient (Wildman–Crippen LogP) is 1.38. The van der Waals surface area contributed by atoms with E-state index in [2.05, 4.69) is 17.2 Å². The van der Waals surface area contributed by atoms with E-state index >= 15 is 0 Å². The summed E-state index contributed by atoms with van der Waals surface area (Å²) in [5.41, 5.74) is 1.03. The first kappa shape index (κ1) is 10.2. The standard InChI is InChI=1S/C10H16N2O/c1-3-11-10(8-13-2)9-6-4-5-7-12-9/h4-7,10-11H,3,8H2,1-2H3. The molecule has 0 saturated heterocycles. The molecule has 3 nitrogen and oxygen atoms in total. The maximum absolute atomic E-state index is 5.11. The van der Waals surface area contributed by atoms with Crippen molar-refractivity contribution in [2.24, 2.45) is 0 Å². The lowest BCUT2D eigenvalue weighted by Gasteiger charge is -2.15. The Morgan fingerprint density at radius 1 is 1.54 bits per heavy atom. The van der Waals surface area contributed by atoms with Gasteiger partial charge < -0.3 is 10.1 Å². The van der Waals surface area contributed by atoms with Gasteiger partial charge in [-0.25, -0.2) is 0 Å². The molecule has 0 aromatic carbocycles. The Hall–Kier alpha value is -0.930. The lowest BCUT2D eigenvalue weighted by Crippen LogP contribution is -2.25. The van der Waals surface area contributed by atoms with Crippen LogP contribution in [0.5, 0.6) is 0 Å². The van der Waals surface area contributed by atoms with Crippen molar-refractivity contribution in [1.29, 1.82) is 0 Å². The quantitative estimate of drug-likeness (QED) is 0.743. The van der Waals surface area contributed by atoms with E-state index in [-0.39, 0.29) is 6.04 Å². The van der Waals surface area contributed by atoms with Crippen LogP contribution in [-0.4, -0.2) is 25.2 Å². The average molecular weight is 180 g/mol. The molecular formula is C10H16N2O. The lowest BCUT2D eigenvalue weighted by molar-refractivity contribution is 0.166. The fraction of sp³-hybridized carbons (Fsp3) is 0.500. The van der Waals surface area contributed by atoms with Crippen LogP contribution in [0.3, 0.4) is 0 Å². The van der Waals surface area contributed by atoms with Crippen LogP contribution in [0, 0.1) is 0 Å². The number of nitrogens with zero attached hydrogens (tertiary/aromatic N) is 1. The molecule has 1 rings (SSSR count). The first-order chi connectivity index (χ1) is 6.38. The van der Waals surface area contributed by atoms with E-state index in [4.69, 9.17) is 4.74 Å². The SMILES string of the molecule is CCNC(COC)c1ccccn1. The van der Waals surface area contributed by atoms with Gasteiger partial charge in [-0.2, -0.15) is 0 Å². The van der Waals surface area contributed by atoms with Crippen LogP contribution < -0.4 is 5.32 Å². The summed E-state index contributed by atoms with van der Waals surface area (Å²) in [6.07, 6.45) is 1.80. The van der Waals surface area contributed by atoms with E-state index in [1.165, 1.54) is 0 Å². The number of methoxy groups -OCH3 is 1. The first-order valence-electron chi connectivity index (χ1n) is 4.51. The van der Waals surface area contributed by atoms with E-state index in [9.17, 15) is 0 Å². The fourth-order valence-corrected chi connectivity index (χ4v) is 1.24. The molecule has 0 aliphatic carbocycles. The van der Waals surface area contributed by atoms with Crippen molar-refractivity contribution >= 4 is 0 Å². The molecule has 0 amide bonds. The van der Waals surface area contributed by atoms with E-state index < -0.39 is 0 Å². The highest BCUT2D eigenvalue weighted by Gasteiger charge is 2.09. The van der Waals surface area contributed by atoms with Gasteiger partial charge in [0.2, 0.25) is 0 Å². The molecular weight excluding hydrogens is 164 g/mol. The van der Waals surface area contributed by atoms with Crippen LogP contribution in [0.15, 0.2) is 24.4 Å². The topological polar surface area (TPSA) is 34.1 Å². The maximum atomic E-state index is 5.11. The Morgan fingerprint density at radius 3 is 2.92 bits per heavy atom. The Labute approximate surface area is 79.1 Å². The molecule has 1 unspecified atom stereocenters. The Morgan fingerprint density at radius 2 is 2.38 bits per heavy atom. The van der Waals surface area contributed by atoms with E-state index in [0.29, 0.717) is 6.61 Å². The van der Waals surface area contributed by atoms with Crippen LogP contribution >= 0.6 is 0 Å². The maximum Gasteiger partial charge on any atom is 0.0732 e. The van der Waals surface area contributed by atoms with Crippen molar-refractivity contribution in [1.82, 2.24) is 10.3 Å². The normalized spacial score (nSPS) is 12.8. The number of likely N-dealkylation sites (N-methyl/N-ethyl adjacent to an activating group) is 1. The third-order valence-corrected chi connectivity index (χ3v) is 1.83.